The summed E-state index contributed by atoms with van der Waals surface area (Å²) < 4.78 is 0. The Bertz CT molecular complexity index is 97.0. The number of hydrogen-bond acceptors (Lipinski definition) is 3. The lowest BCUT2D eigenvalue weighted by Gasteiger charge is -2.02. The van der Waals surface area contributed by atoms with Crippen LogP contribution in [0, 0.1) is 0 Å². The van der Waals surface area contributed by atoms with Crippen LogP contribution in [0.3, 0.4) is 0 Å². The number of rotatable bonds is 4. The monoisotopic (exact) mass is 149 g/mol. The van der Waals surface area contributed by atoms with Crippen molar-refractivity contribution in [1.29, 1.82) is 0 Å². The Labute approximate surface area is 58.6 Å². The van der Waals surface area contributed by atoms with Gasteiger partial charge in [-0.05, 0) is 6.92 Å². The van der Waals surface area contributed by atoms with E-state index in [0.29, 0.717) is 12.3 Å². The lowest BCUT2D eigenvalue weighted by Crippen LogP contribution is -2.14. The Morgan fingerprint density at radius 2 is 2.44 bits per heavy atom. The predicted octanol–water partition coefficient (Wildman–Crippen LogP) is 0.151. The first kappa shape index (κ1) is 8.78. The van der Waals surface area contributed by atoms with Gasteiger partial charge in [0.05, 0.1) is 5.25 Å². The number of aliphatic carboxylic acids is 1. The van der Waals surface area contributed by atoms with Crippen molar-refractivity contribution >= 4 is 17.7 Å². The summed E-state index contributed by atoms with van der Waals surface area (Å²) >= 11 is 1.36. The summed E-state index contributed by atoms with van der Waals surface area (Å²) in [6.45, 7) is 2.20. The molecule has 0 radical (unpaired) electrons. The first-order valence-corrected chi connectivity index (χ1v) is 3.78. The molecule has 0 aliphatic rings. The summed E-state index contributed by atoms with van der Waals surface area (Å²) in [5.41, 5.74) is 5.16. The molecule has 0 heterocycles. The van der Waals surface area contributed by atoms with Crippen molar-refractivity contribution in [3.05, 3.63) is 0 Å². The average molecular weight is 149 g/mol. The molecule has 0 fully saturated rings. The molecule has 0 amide bonds. The Balaban J connectivity index is 3.27. The van der Waals surface area contributed by atoms with Gasteiger partial charge in [0.1, 0.15) is 0 Å². The fraction of sp³-hybridized carbons (Fsp3) is 0.800. The van der Waals surface area contributed by atoms with E-state index in [1.807, 2.05) is 0 Å². The van der Waals surface area contributed by atoms with Crippen molar-refractivity contribution in [3.63, 3.8) is 0 Å². The van der Waals surface area contributed by atoms with Gasteiger partial charge in [-0.2, -0.15) is 0 Å². The van der Waals surface area contributed by atoms with Gasteiger partial charge in [0, 0.05) is 12.3 Å². The maximum atomic E-state index is 10.1. The Morgan fingerprint density at radius 3 is 2.78 bits per heavy atom. The van der Waals surface area contributed by atoms with Crippen molar-refractivity contribution in [3.8, 4) is 0 Å². The van der Waals surface area contributed by atoms with Crippen LogP contribution in [0.5, 0.6) is 0 Å². The van der Waals surface area contributed by atoms with Crippen LogP contribution in [-0.2, 0) is 4.79 Å². The van der Waals surface area contributed by atoms with E-state index in [1.165, 1.54) is 11.8 Å². The summed E-state index contributed by atoms with van der Waals surface area (Å²) in [7, 11) is 0. The highest BCUT2D eigenvalue weighted by Crippen LogP contribution is 2.07. The highest BCUT2D eigenvalue weighted by Gasteiger charge is 2.08. The molecule has 0 unspecified atom stereocenters. The van der Waals surface area contributed by atoms with Crippen LogP contribution in [-0.4, -0.2) is 28.6 Å². The smallest absolute Gasteiger partial charge is 0.316 e. The van der Waals surface area contributed by atoms with E-state index in [9.17, 15) is 4.79 Å². The van der Waals surface area contributed by atoms with E-state index in [0.717, 1.165) is 0 Å². The van der Waals surface area contributed by atoms with Crippen LogP contribution < -0.4 is 5.73 Å². The molecule has 0 aliphatic carbocycles. The van der Waals surface area contributed by atoms with E-state index in [2.05, 4.69) is 0 Å². The van der Waals surface area contributed by atoms with Crippen LogP contribution in [0.2, 0.25) is 0 Å². The third kappa shape index (κ3) is 4.29. The molecular formula is C5H11NO2S. The summed E-state index contributed by atoms with van der Waals surface area (Å²) in [6.07, 6.45) is 0. The largest absolute Gasteiger partial charge is 0.480 e. The molecule has 9 heavy (non-hydrogen) atoms. The second-order valence-electron chi connectivity index (χ2n) is 1.64. The molecule has 3 N–H and O–H groups in total. The normalized spacial score (nSPS) is 13.1. The Hall–Kier alpha value is -0.220. The van der Waals surface area contributed by atoms with Crippen LogP contribution in [0.4, 0.5) is 0 Å². The molecular weight excluding hydrogens is 138 g/mol. The molecule has 4 heteroatoms. The predicted molar refractivity (Wildman–Crippen MR) is 38.6 cm³/mol. The number of carboxylic acid groups (broad SMARTS) is 1. The van der Waals surface area contributed by atoms with Crippen LogP contribution in [0.25, 0.3) is 0 Å². The van der Waals surface area contributed by atoms with Crippen molar-refractivity contribution in [2.24, 2.45) is 5.73 Å². The second kappa shape index (κ2) is 4.64. The van der Waals surface area contributed by atoms with E-state index in [-0.39, 0.29) is 5.25 Å². The highest BCUT2D eigenvalue weighted by molar-refractivity contribution is 8.00. The molecule has 0 aromatic carbocycles. The minimum atomic E-state index is -0.770. The van der Waals surface area contributed by atoms with Gasteiger partial charge < -0.3 is 10.8 Å². The second-order valence-corrected chi connectivity index (χ2v) is 3.09. The van der Waals surface area contributed by atoms with E-state index in [1.54, 1.807) is 6.92 Å². The summed E-state index contributed by atoms with van der Waals surface area (Å²) in [4.78, 5) is 10.1. The molecule has 0 aromatic rings. The average Bonchev–Trinajstić information content (AvgIpc) is 1.82. The van der Waals surface area contributed by atoms with Crippen molar-refractivity contribution < 1.29 is 9.90 Å². The molecule has 0 aromatic heterocycles. The molecule has 0 saturated carbocycles. The maximum absolute atomic E-state index is 10.1. The molecule has 54 valence electrons. The Morgan fingerprint density at radius 1 is 1.89 bits per heavy atom. The number of thioether (sulfide) groups is 1. The quantitative estimate of drug-likeness (QED) is 0.597. The number of hydrogen-bond donors (Lipinski definition) is 2. The van der Waals surface area contributed by atoms with Gasteiger partial charge in [-0.3, -0.25) is 4.79 Å². The summed E-state index contributed by atoms with van der Waals surface area (Å²) in [5, 5.41) is 8.02. The minimum Gasteiger partial charge on any atom is -0.480 e. The molecule has 0 bridgehead atoms. The lowest BCUT2D eigenvalue weighted by atomic mass is 10.5. The zero-order chi connectivity index (χ0) is 7.28. The Kier molecular flexibility index (Phi) is 4.53. The third-order valence-electron chi connectivity index (χ3n) is 0.833. The SMILES string of the molecule is C[C@@H](SCCN)C(=O)O. The lowest BCUT2D eigenvalue weighted by molar-refractivity contribution is -0.136. The van der Waals surface area contributed by atoms with E-state index in [4.69, 9.17) is 10.8 Å². The number of nitrogens with two attached hydrogens (primary N) is 1. The number of carbonyl (C=O) groups is 1. The van der Waals surface area contributed by atoms with E-state index < -0.39 is 5.97 Å². The minimum absolute atomic E-state index is 0.325. The van der Waals surface area contributed by atoms with Crippen molar-refractivity contribution in [1.82, 2.24) is 0 Å². The van der Waals surface area contributed by atoms with Crippen LogP contribution in [0.15, 0.2) is 0 Å². The first-order valence-electron chi connectivity index (χ1n) is 2.73. The fourth-order valence-corrected chi connectivity index (χ4v) is 0.948. The van der Waals surface area contributed by atoms with Gasteiger partial charge >= 0.3 is 5.97 Å². The van der Waals surface area contributed by atoms with Crippen LogP contribution in [0.1, 0.15) is 6.92 Å². The molecule has 1 atom stereocenters. The van der Waals surface area contributed by atoms with Crippen molar-refractivity contribution in [2.45, 2.75) is 12.2 Å². The molecule has 3 nitrogen and oxygen atoms in total. The third-order valence-corrected chi connectivity index (χ3v) is 2.01. The van der Waals surface area contributed by atoms with Gasteiger partial charge in [-0.25, -0.2) is 0 Å². The van der Waals surface area contributed by atoms with Gasteiger partial charge in [0.2, 0.25) is 0 Å². The highest BCUT2D eigenvalue weighted by atomic mass is 32.2. The van der Waals surface area contributed by atoms with Crippen molar-refractivity contribution in [2.75, 3.05) is 12.3 Å². The molecule has 0 spiro atoms. The maximum Gasteiger partial charge on any atom is 0.316 e. The van der Waals surface area contributed by atoms with Crippen LogP contribution >= 0.6 is 11.8 Å². The van der Waals surface area contributed by atoms with E-state index >= 15 is 0 Å². The molecule has 0 rings (SSSR count). The summed E-state index contributed by atoms with van der Waals surface area (Å²) in [5.74, 6) is -0.0542. The zero-order valence-electron chi connectivity index (χ0n) is 5.33. The fourth-order valence-electron chi connectivity index (χ4n) is 0.316. The van der Waals surface area contributed by atoms with Gasteiger partial charge in [-0.1, -0.05) is 0 Å². The first-order chi connectivity index (χ1) is 4.18. The van der Waals surface area contributed by atoms with Gasteiger partial charge in [0.15, 0.2) is 0 Å². The number of carboxylic acids is 1. The standard InChI is InChI=1S/C5H11NO2S/c1-4(5(7)8)9-3-2-6/h4H,2-3,6H2,1H3,(H,7,8)/t4-/m1/s1. The summed E-state index contributed by atoms with van der Waals surface area (Å²) in [6, 6.07) is 0. The molecule has 0 aliphatic heterocycles. The molecule has 0 saturated heterocycles. The van der Waals surface area contributed by atoms with Gasteiger partial charge in [0.25, 0.3) is 0 Å². The van der Waals surface area contributed by atoms with Gasteiger partial charge in [-0.15, -0.1) is 11.8 Å². The topological polar surface area (TPSA) is 63.3 Å². The zero-order valence-corrected chi connectivity index (χ0v) is 6.15.